The molecule has 1 aliphatic rings. The van der Waals surface area contributed by atoms with Crippen LogP contribution in [-0.4, -0.2) is 43.2 Å². The molecule has 0 bridgehead atoms. The number of pyridine rings is 2. The maximum absolute atomic E-state index is 5.54. The highest BCUT2D eigenvalue weighted by atomic mass is 16.5. The molecule has 1 fully saturated rings. The Hall–Kier alpha value is -3.39. The van der Waals surface area contributed by atoms with Crippen molar-refractivity contribution in [2.45, 2.75) is 38.5 Å². The van der Waals surface area contributed by atoms with Gasteiger partial charge in [0.2, 0.25) is 0 Å². The lowest BCUT2D eigenvalue weighted by Crippen LogP contribution is -2.15. The van der Waals surface area contributed by atoms with E-state index in [0.29, 0.717) is 23.5 Å². The Morgan fingerprint density at radius 3 is 2.72 bits per heavy atom. The summed E-state index contributed by atoms with van der Waals surface area (Å²) in [6.45, 7) is 5.84. The monoisotopic (exact) mass is 429 g/mol. The minimum atomic E-state index is 0.381. The Balaban J connectivity index is 1.47. The molecule has 164 valence electrons. The number of fused-ring (bicyclic) bond motifs is 1. The fourth-order valence-electron chi connectivity index (χ4n) is 4.11. The van der Waals surface area contributed by atoms with Crippen molar-refractivity contribution in [3.05, 3.63) is 54.1 Å². The molecule has 5 rings (SSSR count). The summed E-state index contributed by atoms with van der Waals surface area (Å²) < 4.78 is 7.43. The zero-order valence-electron chi connectivity index (χ0n) is 18.6. The molecule has 1 N–H and O–H groups in total. The second-order valence-electron chi connectivity index (χ2n) is 8.60. The summed E-state index contributed by atoms with van der Waals surface area (Å²) in [5, 5.41) is 16.3. The number of nitrogens with one attached hydrogen (secondary N) is 1. The number of rotatable bonds is 5. The van der Waals surface area contributed by atoms with E-state index < -0.39 is 0 Å². The Morgan fingerprint density at radius 1 is 1.06 bits per heavy atom. The lowest BCUT2D eigenvalue weighted by atomic mass is 9.92. The smallest absolute Gasteiger partial charge is 0.154 e. The van der Waals surface area contributed by atoms with E-state index in [1.165, 1.54) is 0 Å². The van der Waals surface area contributed by atoms with Crippen LogP contribution in [-0.2, 0) is 11.8 Å². The molecule has 1 aliphatic heterocycles. The van der Waals surface area contributed by atoms with Crippen LogP contribution in [0.2, 0.25) is 0 Å². The molecule has 0 aliphatic carbocycles. The van der Waals surface area contributed by atoms with Gasteiger partial charge in [-0.25, -0.2) is 4.98 Å². The molecule has 4 aromatic heterocycles. The lowest BCUT2D eigenvalue weighted by molar-refractivity contribution is 0.0845. The van der Waals surface area contributed by atoms with Crippen LogP contribution in [0.3, 0.4) is 0 Å². The molecule has 0 atom stereocenters. The van der Waals surface area contributed by atoms with Crippen LogP contribution in [0.25, 0.3) is 22.2 Å². The molecule has 4 aromatic rings. The van der Waals surface area contributed by atoms with E-state index in [1.807, 2.05) is 36.1 Å². The van der Waals surface area contributed by atoms with Crippen LogP contribution in [0.15, 0.2) is 42.9 Å². The Kier molecular flexibility index (Phi) is 5.53. The van der Waals surface area contributed by atoms with Crippen molar-refractivity contribution in [3.63, 3.8) is 0 Å². The summed E-state index contributed by atoms with van der Waals surface area (Å²) in [4.78, 5) is 9.45. The van der Waals surface area contributed by atoms with Crippen molar-refractivity contribution in [2.24, 2.45) is 7.05 Å². The third kappa shape index (κ3) is 4.18. The molecule has 1 saturated heterocycles. The van der Waals surface area contributed by atoms with Gasteiger partial charge in [0.15, 0.2) is 5.82 Å². The summed E-state index contributed by atoms with van der Waals surface area (Å²) in [5.41, 5.74) is 6.05. The number of hydrogen-bond donors (Lipinski definition) is 1. The van der Waals surface area contributed by atoms with Crippen molar-refractivity contribution in [3.8, 4) is 11.1 Å². The Labute approximate surface area is 187 Å². The maximum Gasteiger partial charge on any atom is 0.154 e. The first-order valence-corrected chi connectivity index (χ1v) is 11.0. The lowest BCUT2D eigenvalue weighted by Gasteiger charge is -2.21. The third-order valence-corrected chi connectivity index (χ3v) is 5.91. The van der Waals surface area contributed by atoms with E-state index in [2.05, 4.69) is 46.6 Å². The van der Waals surface area contributed by atoms with Crippen LogP contribution in [0.1, 0.15) is 49.8 Å². The van der Waals surface area contributed by atoms with Crippen molar-refractivity contribution < 1.29 is 4.74 Å². The second kappa shape index (κ2) is 8.63. The van der Waals surface area contributed by atoms with Crippen molar-refractivity contribution in [1.82, 2.24) is 29.9 Å². The van der Waals surface area contributed by atoms with Crippen LogP contribution in [0.4, 0.5) is 11.6 Å². The minimum absolute atomic E-state index is 0.381. The highest BCUT2D eigenvalue weighted by Gasteiger charge is 2.23. The highest BCUT2D eigenvalue weighted by molar-refractivity contribution is 5.82. The van der Waals surface area contributed by atoms with Gasteiger partial charge in [-0.2, -0.15) is 10.2 Å². The standard InChI is InChI=1S/C24H27N7O/c1-15(2)17-11-23(29-26-13-17)28-22-5-4-20-21(27-22)10-18(12-25-20)19-14-31(3)30-24(19)16-6-8-32-9-7-16/h4-5,10-16H,6-9H2,1-3H3,(H,27,28,29). The molecule has 5 heterocycles. The topological polar surface area (TPSA) is 90.6 Å². The molecular formula is C24H27N7O. The van der Waals surface area contributed by atoms with Gasteiger partial charge in [0.05, 0.1) is 22.9 Å². The molecule has 0 saturated carbocycles. The van der Waals surface area contributed by atoms with Crippen LogP contribution in [0, 0.1) is 0 Å². The van der Waals surface area contributed by atoms with Gasteiger partial charge in [-0.3, -0.25) is 9.67 Å². The summed E-state index contributed by atoms with van der Waals surface area (Å²) in [6, 6.07) is 7.98. The molecule has 8 nitrogen and oxygen atoms in total. The van der Waals surface area contributed by atoms with Gasteiger partial charge in [0.25, 0.3) is 0 Å². The van der Waals surface area contributed by atoms with Gasteiger partial charge in [-0.05, 0) is 48.6 Å². The zero-order valence-corrected chi connectivity index (χ0v) is 18.6. The zero-order chi connectivity index (χ0) is 22.1. The molecule has 0 spiro atoms. The van der Waals surface area contributed by atoms with Gasteiger partial charge >= 0.3 is 0 Å². The van der Waals surface area contributed by atoms with Crippen LogP contribution in [0.5, 0.6) is 0 Å². The van der Waals surface area contributed by atoms with Gasteiger partial charge in [-0.1, -0.05) is 13.8 Å². The number of aryl methyl sites for hydroxylation is 1. The number of nitrogens with zero attached hydrogens (tertiary/aromatic N) is 6. The van der Waals surface area contributed by atoms with Crippen LogP contribution < -0.4 is 5.32 Å². The first-order valence-electron chi connectivity index (χ1n) is 11.0. The normalized spacial score (nSPS) is 14.9. The van der Waals surface area contributed by atoms with Crippen LogP contribution >= 0.6 is 0 Å². The predicted octanol–water partition coefficient (Wildman–Crippen LogP) is 4.58. The molecular weight excluding hydrogens is 402 g/mol. The van der Waals surface area contributed by atoms with Gasteiger partial charge < -0.3 is 10.1 Å². The molecule has 0 amide bonds. The molecule has 0 unspecified atom stereocenters. The molecule has 0 radical (unpaired) electrons. The largest absolute Gasteiger partial charge is 0.381 e. The average Bonchev–Trinajstić information content (AvgIpc) is 3.21. The number of anilines is 2. The quantitative estimate of drug-likeness (QED) is 0.496. The maximum atomic E-state index is 5.54. The minimum Gasteiger partial charge on any atom is -0.381 e. The van der Waals surface area contributed by atoms with Crippen molar-refractivity contribution >= 4 is 22.7 Å². The van der Waals surface area contributed by atoms with Gasteiger partial charge in [0, 0.05) is 49.7 Å². The highest BCUT2D eigenvalue weighted by Crippen LogP contribution is 2.34. The third-order valence-electron chi connectivity index (χ3n) is 5.91. The van der Waals surface area contributed by atoms with E-state index in [9.17, 15) is 0 Å². The van der Waals surface area contributed by atoms with E-state index in [1.54, 1.807) is 6.20 Å². The van der Waals surface area contributed by atoms with Crippen molar-refractivity contribution in [2.75, 3.05) is 18.5 Å². The second-order valence-corrected chi connectivity index (χ2v) is 8.60. The number of aromatic nitrogens is 6. The first-order chi connectivity index (χ1) is 15.6. The average molecular weight is 430 g/mol. The van der Waals surface area contributed by atoms with Gasteiger partial charge in [-0.15, -0.1) is 5.10 Å². The molecule has 8 heteroatoms. The molecule has 32 heavy (non-hydrogen) atoms. The van der Waals surface area contributed by atoms with E-state index in [0.717, 1.165) is 59.5 Å². The van der Waals surface area contributed by atoms with E-state index in [-0.39, 0.29) is 0 Å². The molecule has 0 aromatic carbocycles. The van der Waals surface area contributed by atoms with Gasteiger partial charge in [0.1, 0.15) is 5.82 Å². The van der Waals surface area contributed by atoms with E-state index >= 15 is 0 Å². The summed E-state index contributed by atoms with van der Waals surface area (Å²) in [6.07, 6.45) is 7.77. The fourth-order valence-corrected chi connectivity index (χ4v) is 4.11. The number of ether oxygens (including phenoxy) is 1. The fraction of sp³-hybridized carbons (Fsp3) is 0.375. The van der Waals surface area contributed by atoms with E-state index in [4.69, 9.17) is 14.8 Å². The Morgan fingerprint density at radius 2 is 1.91 bits per heavy atom. The number of hydrogen-bond acceptors (Lipinski definition) is 7. The summed E-state index contributed by atoms with van der Waals surface area (Å²) >= 11 is 0. The predicted molar refractivity (Wildman–Crippen MR) is 124 cm³/mol. The SMILES string of the molecule is CC(C)c1cnnc(Nc2ccc3ncc(-c4cn(C)nc4C4CCOCC4)cc3n2)c1. The summed E-state index contributed by atoms with van der Waals surface area (Å²) in [7, 11) is 1.97. The Bertz CT molecular complexity index is 1240. The summed E-state index contributed by atoms with van der Waals surface area (Å²) in [5.74, 6) is 2.18. The first kappa shape index (κ1) is 20.5. The van der Waals surface area contributed by atoms with Crippen molar-refractivity contribution in [1.29, 1.82) is 0 Å².